The fraction of sp³-hybridized carbons (Fsp3) is 0.167. The molecule has 0 fully saturated rings. The van der Waals surface area contributed by atoms with Crippen molar-refractivity contribution in [1.29, 1.82) is 0 Å². The molecule has 5 heteroatoms. The van der Waals surface area contributed by atoms with Gasteiger partial charge in [-0.05, 0) is 80.7 Å². The Morgan fingerprint density at radius 2 is 1.78 bits per heavy atom. The summed E-state index contributed by atoms with van der Waals surface area (Å²) in [5, 5.41) is 0. The van der Waals surface area contributed by atoms with Gasteiger partial charge in [0, 0.05) is 6.21 Å². The number of benzene rings is 2. The molecule has 0 N–H and O–H groups in total. The molecule has 0 atom stereocenters. The van der Waals surface area contributed by atoms with Gasteiger partial charge in [0.25, 0.3) is 0 Å². The van der Waals surface area contributed by atoms with E-state index in [9.17, 15) is 0 Å². The van der Waals surface area contributed by atoms with Crippen LogP contribution in [0.2, 0.25) is 0 Å². The average Bonchev–Trinajstić information content (AvgIpc) is 2.54. The Labute approximate surface area is 153 Å². The number of rotatable bonds is 6. The van der Waals surface area contributed by atoms with E-state index in [0.29, 0.717) is 12.4 Å². The van der Waals surface area contributed by atoms with E-state index < -0.39 is 0 Å². The number of hydrogen-bond donors (Lipinski definition) is 0. The first-order valence-corrected chi connectivity index (χ1v) is 8.55. The monoisotopic (exact) mass is 435 g/mol. The summed E-state index contributed by atoms with van der Waals surface area (Å²) in [5.74, 6) is 3.97. The Hall–Kier alpha value is -1.77. The van der Waals surface area contributed by atoms with Crippen molar-refractivity contribution < 1.29 is 9.47 Å². The van der Waals surface area contributed by atoms with E-state index in [1.807, 2.05) is 43.3 Å². The number of aliphatic imine (C=N–C) groups is 1. The normalized spacial score (nSPS) is 10.5. The standard InChI is InChI=1S/C18H15Br2NO2/c1-3-9-23-18-16(19)10-13(11-17(18)20)12-21-14-5-7-15(8-6-14)22-4-2/h1,5-8,10-12H,4,9H2,2H3. The van der Waals surface area contributed by atoms with E-state index in [2.05, 4.69) is 42.8 Å². The van der Waals surface area contributed by atoms with Gasteiger partial charge in [0.05, 0.1) is 21.2 Å². The summed E-state index contributed by atoms with van der Waals surface area (Å²) < 4.78 is 12.5. The predicted octanol–water partition coefficient (Wildman–Crippen LogP) is 5.37. The number of halogens is 2. The summed E-state index contributed by atoms with van der Waals surface area (Å²) in [7, 11) is 0. The molecule has 0 aliphatic carbocycles. The van der Waals surface area contributed by atoms with Crippen molar-refractivity contribution in [2.75, 3.05) is 13.2 Å². The molecule has 3 nitrogen and oxygen atoms in total. The molecular weight excluding hydrogens is 422 g/mol. The summed E-state index contributed by atoms with van der Waals surface area (Å²) in [5.41, 5.74) is 1.79. The van der Waals surface area contributed by atoms with Crippen LogP contribution in [-0.2, 0) is 0 Å². The predicted molar refractivity (Wildman–Crippen MR) is 101 cm³/mol. The zero-order chi connectivity index (χ0) is 16.7. The van der Waals surface area contributed by atoms with Gasteiger partial charge in [-0.15, -0.1) is 6.42 Å². The molecule has 0 heterocycles. The highest BCUT2D eigenvalue weighted by Crippen LogP contribution is 2.34. The summed E-state index contributed by atoms with van der Waals surface area (Å²) in [6, 6.07) is 11.5. The van der Waals surface area contributed by atoms with Crippen LogP contribution in [0.15, 0.2) is 50.3 Å². The van der Waals surface area contributed by atoms with Crippen molar-refractivity contribution in [3.05, 3.63) is 50.9 Å². The molecule has 0 aliphatic rings. The van der Waals surface area contributed by atoms with Gasteiger partial charge in [-0.25, -0.2) is 0 Å². The highest BCUT2D eigenvalue weighted by atomic mass is 79.9. The van der Waals surface area contributed by atoms with Crippen LogP contribution < -0.4 is 9.47 Å². The maximum absolute atomic E-state index is 5.48. The van der Waals surface area contributed by atoms with Crippen molar-refractivity contribution in [3.63, 3.8) is 0 Å². The molecule has 0 amide bonds. The van der Waals surface area contributed by atoms with Gasteiger partial charge >= 0.3 is 0 Å². The van der Waals surface area contributed by atoms with Gasteiger partial charge in [-0.3, -0.25) is 4.99 Å². The van der Waals surface area contributed by atoms with Crippen LogP contribution in [0.5, 0.6) is 11.5 Å². The molecule has 2 aromatic carbocycles. The fourth-order valence-corrected chi connectivity index (χ4v) is 3.30. The van der Waals surface area contributed by atoms with Crippen molar-refractivity contribution >= 4 is 43.8 Å². The lowest BCUT2D eigenvalue weighted by Crippen LogP contribution is -1.96. The van der Waals surface area contributed by atoms with Crippen LogP contribution in [-0.4, -0.2) is 19.4 Å². The number of nitrogens with zero attached hydrogens (tertiary/aromatic N) is 1. The zero-order valence-electron chi connectivity index (χ0n) is 12.6. The molecule has 0 radical (unpaired) electrons. The van der Waals surface area contributed by atoms with Crippen molar-refractivity contribution in [1.82, 2.24) is 0 Å². The number of terminal acetylenes is 1. The van der Waals surface area contributed by atoms with Crippen LogP contribution >= 0.6 is 31.9 Å². The smallest absolute Gasteiger partial charge is 0.149 e. The van der Waals surface area contributed by atoms with Gasteiger partial charge in [0.1, 0.15) is 18.1 Å². The third-order valence-electron chi connectivity index (χ3n) is 2.83. The summed E-state index contributed by atoms with van der Waals surface area (Å²) in [6.07, 6.45) is 7.00. The second-order valence-electron chi connectivity index (χ2n) is 4.49. The quantitative estimate of drug-likeness (QED) is 0.450. The molecule has 23 heavy (non-hydrogen) atoms. The van der Waals surface area contributed by atoms with E-state index in [-0.39, 0.29) is 6.61 Å². The molecule has 0 aliphatic heterocycles. The minimum atomic E-state index is 0.219. The maximum atomic E-state index is 5.48. The minimum absolute atomic E-state index is 0.219. The van der Waals surface area contributed by atoms with Crippen molar-refractivity contribution in [2.45, 2.75) is 6.92 Å². The van der Waals surface area contributed by atoms with E-state index in [0.717, 1.165) is 25.9 Å². The highest BCUT2D eigenvalue weighted by molar-refractivity contribution is 9.11. The molecule has 0 bridgehead atoms. The van der Waals surface area contributed by atoms with E-state index >= 15 is 0 Å². The lowest BCUT2D eigenvalue weighted by atomic mass is 10.2. The van der Waals surface area contributed by atoms with Gasteiger partial charge in [-0.2, -0.15) is 0 Å². The molecule has 0 saturated heterocycles. The lowest BCUT2D eigenvalue weighted by Gasteiger charge is -2.08. The number of ether oxygens (including phenoxy) is 2. The summed E-state index contributed by atoms with van der Waals surface area (Å²) in [4.78, 5) is 4.46. The average molecular weight is 437 g/mol. The summed E-state index contributed by atoms with van der Waals surface area (Å²) in [6.45, 7) is 2.83. The minimum Gasteiger partial charge on any atom is -0.494 e. The topological polar surface area (TPSA) is 30.8 Å². The highest BCUT2D eigenvalue weighted by Gasteiger charge is 2.07. The van der Waals surface area contributed by atoms with E-state index in [4.69, 9.17) is 15.9 Å². The Morgan fingerprint density at radius 1 is 1.13 bits per heavy atom. The first kappa shape index (κ1) is 17.6. The Balaban J connectivity index is 2.14. The van der Waals surface area contributed by atoms with Crippen LogP contribution in [0.25, 0.3) is 0 Å². The third kappa shape index (κ3) is 5.12. The first-order chi connectivity index (χ1) is 11.1. The van der Waals surface area contributed by atoms with Crippen LogP contribution in [0.4, 0.5) is 5.69 Å². The van der Waals surface area contributed by atoms with Gasteiger partial charge in [0.15, 0.2) is 0 Å². The maximum Gasteiger partial charge on any atom is 0.149 e. The van der Waals surface area contributed by atoms with Gasteiger partial charge in [0.2, 0.25) is 0 Å². The lowest BCUT2D eigenvalue weighted by molar-refractivity contribution is 0.340. The number of hydrogen-bond acceptors (Lipinski definition) is 3. The zero-order valence-corrected chi connectivity index (χ0v) is 15.7. The Kier molecular flexibility index (Phi) is 6.69. The van der Waals surface area contributed by atoms with Crippen molar-refractivity contribution in [2.24, 2.45) is 4.99 Å². The Bertz CT molecular complexity index is 711. The largest absolute Gasteiger partial charge is 0.494 e. The molecular formula is C18H15Br2NO2. The molecule has 0 aromatic heterocycles. The van der Waals surface area contributed by atoms with Crippen LogP contribution in [0.1, 0.15) is 12.5 Å². The second kappa shape index (κ2) is 8.76. The van der Waals surface area contributed by atoms with Crippen LogP contribution in [0.3, 0.4) is 0 Å². The molecule has 0 spiro atoms. The van der Waals surface area contributed by atoms with Gasteiger partial charge in [-0.1, -0.05) is 5.92 Å². The summed E-state index contributed by atoms with van der Waals surface area (Å²) >= 11 is 6.96. The molecule has 118 valence electrons. The Morgan fingerprint density at radius 3 is 2.35 bits per heavy atom. The molecule has 0 saturated carbocycles. The molecule has 2 aromatic rings. The SMILES string of the molecule is C#CCOc1c(Br)cc(C=Nc2ccc(OCC)cc2)cc1Br. The first-order valence-electron chi connectivity index (χ1n) is 6.96. The molecule has 2 rings (SSSR count). The van der Waals surface area contributed by atoms with E-state index in [1.165, 1.54) is 0 Å². The fourth-order valence-electron chi connectivity index (χ4n) is 1.85. The van der Waals surface area contributed by atoms with Crippen molar-refractivity contribution in [3.8, 4) is 23.8 Å². The second-order valence-corrected chi connectivity index (χ2v) is 6.20. The molecule has 0 unspecified atom stereocenters. The van der Waals surface area contributed by atoms with Gasteiger partial charge < -0.3 is 9.47 Å². The van der Waals surface area contributed by atoms with E-state index in [1.54, 1.807) is 6.21 Å². The third-order valence-corrected chi connectivity index (χ3v) is 4.01. The van der Waals surface area contributed by atoms with Crippen LogP contribution in [0, 0.1) is 12.3 Å².